The van der Waals surface area contributed by atoms with Gasteiger partial charge in [-0.15, -0.1) is 0 Å². The molecule has 0 aliphatic carbocycles. The molecular formula is C16H15BrClNO2. The van der Waals surface area contributed by atoms with Crippen LogP contribution in [0.25, 0.3) is 0 Å². The number of nitrogens with zero attached hydrogens (tertiary/aromatic N) is 1. The van der Waals surface area contributed by atoms with Crippen molar-refractivity contribution in [1.82, 2.24) is 0 Å². The number of benzene rings is 2. The van der Waals surface area contributed by atoms with Gasteiger partial charge in [0.05, 0.1) is 11.4 Å². The molecule has 0 unspecified atom stereocenters. The third-order valence-electron chi connectivity index (χ3n) is 3.07. The number of rotatable bonds is 6. The van der Waals surface area contributed by atoms with Crippen LogP contribution in [0.2, 0.25) is 5.02 Å². The predicted octanol–water partition coefficient (Wildman–Crippen LogP) is 4.58. The summed E-state index contributed by atoms with van der Waals surface area (Å²) >= 11 is 9.41. The van der Waals surface area contributed by atoms with Crippen molar-refractivity contribution in [3.05, 3.63) is 63.6 Å². The molecule has 0 spiro atoms. The van der Waals surface area contributed by atoms with Gasteiger partial charge in [0, 0.05) is 23.2 Å². The van der Waals surface area contributed by atoms with Crippen LogP contribution in [0.5, 0.6) is 0 Å². The molecule has 0 aliphatic rings. The topological polar surface area (TPSA) is 40.5 Å². The van der Waals surface area contributed by atoms with Crippen molar-refractivity contribution < 1.29 is 9.90 Å². The zero-order chi connectivity index (χ0) is 15.2. The third-order valence-corrected chi connectivity index (χ3v) is 4.29. The maximum atomic E-state index is 10.8. The van der Waals surface area contributed by atoms with E-state index in [4.69, 9.17) is 16.7 Å². The van der Waals surface area contributed by atoms with Crippen molar-refractivity contribution in [3.8, 4) is 0 Å². The molecule has 1 N–H and O–H groups in total. The van der Waals surface area contributed by atoms with Crippen LogP contribution in [0.1, 0.15) is 12.0 Å². The first-order chi connectivity index (χ1) is 10.1. The summed E-state index contributed by atoms with van der Waals surface area (Å²) in [4.78, 5) is 12.9. The number of hydrogen-bond acceptors (Lipinski definition) is 2. The fourth-order valence-corrected chi connectivity index (χ4v) is 2.57. The third kappa shape index (κ3) is 4.76. The Morgan fingerprint density at radius 1 is 1.19 bits per heavy atom. The van der Waals surface area contributed by atoms with Crippen molar-refractivity contribution in [2.75, 3.05) is 11.4 Å². The van der Waals surface area contributed by atoms with Crippen LogP contribution >= 0.6 is 27.5 Å². The highest BCUT2D eigenvalue weighted by Gasteiger charge is 2.10. The largest absolute Gasteiger partial charge is 0.481 e. The van der Waals surface area contributed by atoms with Crippen molar-refractivity contribution in [2.45, 2.75) is 13.0 Å². The Morgan fingerprint density at radius 2 is 1.90 bits per heavy atom. The van der Waals surface area contributed by atoms with Gasteiger partial charge < -0.3 is 10.0 Å². The molecule has 0 aromatic heterocycles. The fraction of sp³-hybridized carbons (Fsp3) is 0.188. The minimum atomic E-state index is -0.798. The number of carboxylic acid groups (broad SMARTS) is 1. The zero-order valence-corrected chi connectivity index (χ0v) is 13.6. The SMILES string of the molecule is O=C(O)CCN(Cc1ccc(Cl)c(Br)c1)c1ccccc1. The van der Waals surface area contributed by atoms with Gasteiger partial charge >= 0.3 is 5.97 Å². The summed E-state index contributed by atoms with van der Waals surface area (Å²) in [6.45, 7) is 1.09. The molecular weight excluding hydrogens is 354 g/mol. The quantitative estimate of drug-likeness (QED) is 0.811. The molecule has 0 atom stereocenters. The van der Waals surface area contributed by atoms with E-state index in [0.717, 1.165) is 15.7 Å². The lowest BCUT2D eigenvalue weighted by atomic mass is 10.2. The summed E-state index contributed by atoms with van der Waals surface area (Å²) in [6, 6.07) is 15.5. The molecule has 5 heteroatoms. The van der Waals surface area contributed by atoms with E-state index in [-0.39, 0.29) is 6.42 Å². The van der Waals surface area contributed by atoms with Crippen LogP contribution in [0.15, 0.2) is 53.0 Å². The number of carboxylic acids is 1. The lowest BCUT2D eigenvalue weighted by Crippen LogP contribution is -2.25. The molecule has 0 heterocycles. The normalized spacial score (nSPS) is 10.4. The number of carbonyl (C=O) groups is 1. The molecule has 0 fully saturated rings. The molecule has 0 radical (unpaired) electrons. The highest BCUT2D eigenvalue weighted by molar-refractivity contribution is 9.10. The Balaban J connectivity index is 2.18. The zero-order valence-electron chi connectivity index (χ0n) is 11.3. The van der Waals surface area contributed by atoms with Crippen LogP contribution in [-0.2, 0) is 11.3 Å². The summed E-state index contributed by atoms with van der Waals surface area (Å²) in [5.41, 5.74) is 2.07. The number of hydrogen-bond donors (Lipinski definition) is 1. The average molecular weight is 369 g/mol. The highest BCUT2D eigenvalue weighted by Crippen LogP contribution is 2.25. The van der Waals surface area contributed by atoms with Crippen LogP contribution in [-0.4, -0.2) is 17.6 Å². The van der Waals surface area contributed by atoms with Gasteiger partial charge in [-0.1, -0.05) is 35.9 Å². The van der Waals surface area contributed by atoms with Crippen molar-refractivity contribution in [1.29, 1.82) is 0 Å². The van der Waals surface area contributed by atoms with E-state index in [9.17, 15) is 4.79 Å². The second-order valence-corrected chi connectivity index (χ2v) is 5.91. The summed E-state index contributed by atoms with van der Waals surface area (Å²) in [5.74, 6) is -0.798. The van der Waals surface area contributed by atoms with E-state index in [1.807, 2.05) is 53.4 Å². The molecule has 110 valence electrons. The Hall–Kier alpha value is -1.52. The summed E-state index contributed by atoms with van der Waals surface area (Å²) in [5, 5.41) is 9.57. The average Bonchev–Trinajstić information content (AvgIpc) is 2.48. The minimum absolute atomic E-state index is 0.101. The molecule has 0 saturated heterocycles. The van der Waals surface area contributed by atoms with E-state index >= 15 is 0 Å². The van der Waals surface area contributed by atoms with E-state index in [0.29, 0.717) is 18.1 Å². The summed E-state index contributed by atoms with van der Waals surface area (Å²) in [7, 11) is 0. The molecule has 0 amide bonds. The van der Waals surface area contributed by atoms with E-state index in [1.165, 1.54) is 0 Å². The van der Waals surface area contributed by atoms with Crippen molar-refractivity contribution >= 4 is 39.2 Å². The van der Waals surface area contributed by atoms with Gasteiger partial charge in [0.15, 0.2) is 0 Å². The molecule has 2 rings (SSSR count). The van der Waals surface area contributed by atoms with Crippen LogP contribution in [0.3, 0.4) is 0 Å². The number of para-hydroxylation sites is 1. The maximum absolute atomic E-state index is 10.8. The van der Waals surface area contributed by atoms with Gasteiger partial charge in [-0.05, 0) is 45.8 Å². The Kier molecular flexibility index (Phi) is 5.65. The standard InChI is InChI=1S/C16H15BrClNO2/c17-14-10-12(6-7-15(14)18)11-19(9-8-16(20)21)13-4-2-1-3-5-13/h1-7,10H,8-9,11H2,(H,20,21). The van der Waals surface area contributed by atoms with Gasteiger partial charge in [-0.25, -0.2) is 0 Å². The smallest absolute Gasteiger partial charge is 0.305 e. The summed E-state index contributed by atoms with van der Waals surface area (Å²) < 4.78 is 0.841. The van der Waals surface area contributed by atoms with E-state index in [2.05, 4.69) is 15.9 Å². The first-order valence-corrected chi connectivity index (χ1v) is 7.69. The first kappa shape index (κ1) is 15.9. The van der Waals surface area contributed by atoms with Crippen LogP contribution in [0, 0.1) is 0 Å². The summed E-state index contributed by atoms with van der Waals surface area (Å²) in [6.07, 6.45) is 0.101. The van der Waals surface area contributed by atoms with Gasteiger partial charge in [0.25, 0.3) is 0 Å². The predicted molar refractivity (Wildman–Crippen MR) is 88.9 cm³/mol. The van der Waals surface area contributed by atoms with Crippen LogP contribution in [0.4, 0.5) is 5.69 Å². The Labute approximate surface area is 137 Å². The van der Waals surface area contributed by atoms with Gasteiger partial charge in [-0.3, -0.25) is 4.79 Å². The monoisotopic (exact) mass is 367 g/mol. The Bertz CT molecular complexity index is 619. The Morgan fingerprint density at radius 3 is 2.52 bits per heavy atom. The lowest BCUT2D eigenvalue weighted by Gasteiger charge is -2.24. The van der Waals surface area contributed by atoms with Crippen LogP contribution < -0.4 is 4.90 Å². The molecule has 3 nitrogen and oxygen atoms in total. The lowest BCUT2D eigenvalue weighted by molar-refractivity contribution is -0.136. The second-order valence-electron chi connectivity index (χ2n) is 4.65. The van der Waals surface area contributed by atoms with Gasteiger partial charge in [0.1, 0.15) is 0 Å². The number of aliphatic carboxylic acids is 1. The maximum Gasteiger partial charge on any atom is 0.305 e. The van der Waals surface area contributed by atoms with Crippen molar-refractivity contribution in [3.63, 3.8) is 0 Å². The molecule has 0 aliphatic heterocycles. The number of halogens is 2. The van der Waals surface area contributed by atoms with E-state index in [1.54, 1.807) is 0 Å². The van der Waals surface area contributed by atoms with E-state index < -0.39 is 5.97 Å². The van der Waals surface area contributed by atoms with Gasteiger partial charge in [0.2, 0.25) is 0 Å². The van der Waals surface area contributed by atoms with Crippen molar-refractivity contribution in [2.24, 2.45) is 0 Å². The molecule has 2 aromatic rings. The fourth-order valence-electron chi connectivity index (χ4n) is 2.03. The minimum Gasteiger partial charge on any atom is -0.481 e. The number of anilines is 1. The molecule has 0 bridgehead atoms. The first-order valence-electron chi connectivity index (χ1n) is 6.52. The van der Waals surface area contributed by atoms with Gasteiger partial charge in [-0.2, -0.15) is 0 Å². The molecule has 0 saturated carbocycles. The second kappa shape index (κ2) is 7.48. The molecule has 21 heavy (non-hydrogen) atoms. The highest BCUT2D eigenvalue weighted by atomic mass is 79.9. The molecule has 2 aromatic carbocycles.